The van der Waals surface area contributed by atoms with Crippen molar-refractivity contribution in [2.75, 3.05) is 0 Å². The van der Waals surface area contributed by atoms with Crippen LogP contribution < -0.4 is 0 Å². The summed E-state index contributed by atoms with van der Waals surface area (Å²) in [5, 5.41) is 1.72. The number of aryl methyl sites for hydroxylation is 4. The molecule has 0 fully saturated rings. The van der Waals surface area contributed by atoms with E-state index in [0.29, 0.717) is 28.0 Å². The van der Waals surface area contributed by atoms with E-state index in [1.165, 1.54) is 30.5 Å². The summed E-state index contributed by atoms with van der Waals surface area (Å²) in [7, 11) is 0. The summed E-state index contributed by atoms with van der Waals surface area (Å²) in [4.78, 5) is 8.43. The molecule has 4 heteroatoms. The average molecular weight is 811 g/mol. The standard InChI is InChI=1S/C31H22NO.C13H12N.Ir/c1-20-16-29(32-19-21(20)2)26-15-9-14-25-28-18-24(22-10-5-3-6-11-22)17-27(31(28)33-30(25)26)23-12-7-4-8-13-23;1-10-3-6-12(7-4-10)13-8-5-11(2)9-14-13;/h3-14,16-19H,1-2H3;3-6,8-9H,1-2H3;/q2*-1;/i2*1D3,2D3;. The van der Waals surface area contributed by atoms with Crippen LogP contribution in [0.15, 0.2) is 138 Å². The largest absolute Gasteiger partial charge is 0.500 e. The number of furan rings is 1. The first-order chi connectivity index (χ1) is 27.8. The Hall–Kier alpha value is -5.15. The average Bonchev–Trinajstić information content (AvgIpc) is 3.59. The van der Waals surface area contributed by atoms with Gasteiger partial charge in [0.1, 0.15) is 5.58 Å². The Balaban J connectivity index is 0.000000243. The number of pyridine rings is 2. The van der Waals surface area contributed by atoms with E-state index >= 15 is 0 Å². The van der Waals surface area contributed by atoms with E-state index in [2.05, 4.69) is 46.4 Å². The molecule has 0 aliphatic heterocycles. The second kappa shape index (κ2) is 14.3. The van der Waals surface area contributed by atoms with E-state index < -0.39 is 27.4 Å². The fourth-order valence-corrected chi connectivity index (χ4v) is 5.39. The Morgan fingerprint density at radius 3 is 2.02 bits per heavy atom. The van der Waals surface area contributed by atoms with Gasteiger partial charge in [0, 0.05) is 59.9 Å². The number of fused-ring (bicyclic) bond motifs is 3. The molecule has 0 saturated heterocycles. The summed E-state index contributed by atoms with van der Waals surface area (Å²) in [6, 6.07) is 42.8. The molecule has 5 aromatic carbocycles. The van der Waals surface area contributed by atoms with Crippen molar-refractivity contribution in [3.63, 3.8) is 0 Å². The molecule has 0 aliphatic carbocycles. The molecule has 8 rings (SSSR count). The zero-order valence-electron chi connectivity index (χ0n) is 37.3. The molecule has 0 aliphatic rings. The van der Waals surface area contributed by atoms with Gasteiger partial charge in [0.2, 0.25) is 0 Å². The van der Waals surface area contributed by atoms with Crippen molar-refractivity contribution in [1.82, 2.24) is 9.97 Å². The van der Waals surface area contributed by atoms with Gasteiger partial charge < -0.3 is 14.4 Å². The van der Waals surface area contributed by atoms with E-state index in [0.717, 1.165) is 39.2 Å². The van der Waals surface area contributed by atoms with E-state index in [4.69, 9.17) is 20.9 Å². The molecule has 8 aromatic rings. The number of benzene rings is 5. The summed E-state index contributed by atoms with van der Waals surface area (Å²) < 4.78 is 97.4. The third-order valence-corrected chi connectivity index (χ3v) is 7.74. The van der Waals surface area contributed by atoms with Crippen LogP contribution in [0.4, 0.5) is 0 Å². The number of rotatable bonds is 4. The molecule has 0 saturated carbocycles. The Labute approximate surface area is 312 Å². The van der Waals surface area contributed by atoms with Crippen molar-refractivity contribution in [3.05, 3.63) is 168 Å². The SMILES string of the molecule is [2H]C([2H])([2H])c1c[c-]c(-c2ccc(C([2H])([2H])[2H])cn2)cc1.[2H]C([2H])([2H])c1cnc(-c2[c-]ccc3c2oc2c(-c4ccccc4)cc(-c4ccccc4)cc23)cc1C([2H])([2H])[2H].[Ir]. The third kappa shape index (κ3) is 6.78. The molecular weight excluding hydrogens is 765 g/mol. The molecule has 0 amide bonds. The van der Waals surface area contributed by atoms with Gasteiger partial charge in [0.25, 0.3) is 0 Å². The first-order valence-electron chi connectivity index (χ1n) is 20.8. The minimum absolute atomic E-state index is 0. The molecule has 3 nitrogen and oxygen atoms in total. The second-order valence-electron chi connectivity index (χ2n) is 10.9. The molecule has 237 valence electrons. The molecule has 0 bridgehead atoms. The first kappa shape index (κ1) is 21.0. The molecule has 0 atom stereocenters. The fourth-order valence-electron chi connectivity index (χ4n) is 5.39. The van der Waals surface area contributed by atoms with Crippen molar-refractivity contribution in [2.24, 2.45) is 0 Å². The number of nitrogens with zero attached hydrogens (tertiary/aromatic N) is 2. The van der Waals surface area contributed by atoms with Gasteiger partial charge in [-0.25, -0.2) is 0 Å². The van der Waals surface area contributed by atoms with Crippen LogP contribution in [0.5, 0.6) is 0 Å². The van der Waals surface area contributed by atoms with Gasteiger partial charge in [-0.05, 0) is 71.9 Å². The van der Waals surface area contributed by atoms with E-state index in [1.807, 2.05) is 54.6 Å². The Kier molecular flexibility index (Phi) is 6.25. The van der Waals surface area contributed by atoms with Crippen molar-refractivity contribution < 1.29 is 41.0 Å². The molecule has 0 unspecified atom stereocenters. The van der Waals surface area contributed by atoms with Crippen LogP contribution in [0.1, 0.15) is 38.7 Å². The smallest absolute Gasteiger partial charge is 0.128 e. The molecule has 0 N–H and O–H groups in total. The van der Waals surface area contributed by atoms with E-state index in [9.17, 15) is 0 Å². The minimum Gasteiger partial charge on any atom is -0.500 e. The molecule has 0 spiro atoms. The Morgan fingerprint density at radius 2 is 1.33 bits per heavy atom. The maximum absolute atomic E-state index is 7.95. The van der Waals surface area contributed by atoms with Crippen molar-refractivity contribution in [2.45, 2.75) is 27.4 Å². The van der Waals surface area contributed by atoms with Crippen LogP contribution in [0, 0.1) is 39.5 Å². The summed E-state index contributed by atoms with van der Waals surface area (Å²) in [6.07, 6.45) is 2.43. The molecular formula is C44H34IrN2O-2. The normalized spacial score (nSPS) is 15.5. The zero-order chi connectivity index (χ0) is 42.3. The molecule has 48 heavy (non-hydrogen) atoms. The van der Waals surface area contributed by atoms with Crippen LogP contribution in [0.2, 0.25) is 0 Å². The van der Waals surface area contributed by atoms with Crippen LogP contribution in [-0.4, -0.2) is 9.97 Å². The zero-order valence-corrected chi connectivity index (χ0v) is 27.7. The Bertz CT molecular complexity index is 2690. The minimum atomic E-state index is -2.63. The third-order valence-electron chi connectivity index (χ3n) is 7.74. The van der Waals surface area contributed by atoms with Crippen molar-refractivity contribution >= 4 is 21.9 Å². The second-order valence-corrected chi connectivity index (χ2v) is 10.9. The number of hydrogen-bond donors (Lipinski definition) is 0. The molecule has 3 aromatic heterocycles. The summed E-state index contributed by atoms with van der Waals surface area (Å²) in [6.45, 7) is -9.58. The van der Waals surface area contributed by atoms with Gasteiger partial charge in [0.05, 0.1) is 5.58 Å². The van der Waals surface area contributed by atoms with Gasteiger partial charge in [-0.2, -0.15) is 0 Å². The Morgan fingerprint density at radius 1 is 0.583 bits per heavy atom. The topological polar surface area (TPSA) is 38.9 Å². The predicted molar refractivity (Wildman–Crippen MR) is 194 cm³/mol. The van der Waals surface area contributed by atoms with Crippen molar-refractivity contribution in [3.8, 4) is 44.8 Å². The van der Waals surface area contributed by atoms with Gasteiger partial charge in [0.15, 0.2) is 0 Å². The quantitative estimate of drug-likeness (QED) is 0.166. The van der Waals surface area contributed by atoms with Crippen LogP contribution in [0.3, 0.4) is 0 Å². The summed E-state index contributed by atoms with van der Waals surface area (Å²) >= 11 is 0. The number of hydrogen-bond acceptors (Lipinski definition) is 3. The number of aromatic nitrogens is 2. The van der Waals surface area contributed by atoms with Gasteiger partial charge in [-0.3, -0.25) is 0 Å². The maximum Gasteiger partial charge on any atom is 0.128 e. The first-order valence-corrected chi connectivity index (χ1v) is 14.8. The van der Waals surface area contributed by atoms with Gasteiger partial charge in [-0.1, -0.05) is 102 Å². The maximum atomic E-state index is 7.95. The molecule has 1 radical (unpaired) electrons. The van der Waals surface area contributed by atoms with Crippen LogP contribution in [-0.2, 0) is 20.1 Å². The van der Waals surface area contributed by atoms with Crippen molar-refractivity contribution in [1.29, 1.82) is 0 Å². The van der Waals surface area contributed by atoms with Gasteiger partial charge >= 0.3 is 0 Å². The summed E-state index contributed by atoms with van der Waals surface area (Å²) in [5.41, 5.74) is 6.94. The van der Waals surface area contributed by atoms with Crippen LogP contribution >= 0.6 is 0 Å². The molecule has 3 heterocycles. The van der Waals surface area contributed by atoms with Crippen LogP contribution in [0.25, 0.3) is 66.7 Å². The predicted octanol–water partition coefficient (Wildman–Crippen LogP) is 11.6. The monoisotopic (exact) mass is 811 g/mol. The fraction of sp³-hybridized carbons (Fsp3) is 0.0909. The van der Waals surface area contributed by atoms with E-state index in [1.54, 1.807) is 18.2 Å². The van der Waals surface area contributed by atoms with Gasteiger partial charge in [-0.15, -0.1) is 53.6 Å². The van der Waals surface area contributed by atoms with E-state index in [-0.39, 0.29) is 48.1 Å². The summed E-state index contributed by atoms with van der Waals surface area (Å²) in [5.74, 6) is 0.